The Balaban J connectivity index is 2.52. The highest BCUT2D eigenvalue weighted by atomic mass is 35.5. The first-order valence-corrected chi connectivity index (χ1v) is 5.37. The molecule has 0 aromatic heterocycles. The monoisotopic (exact) mass is 190 g/mol. The van der Waals surface area contributed by atoms with E-state index in [1.165, 1.54) is 6.42 Å². The molecule has 0 radical (unpaired) electrons. The molecule has 1 nitrogen and oxygen atoms in total. The van der Waals surface area contributed by atoms with Gasteiger partial charge in [-0.05, 0) is 37.5 Å². The van der Waals surface area contributed by atoms with Gasteiger partial charge >= 0.3 is 0 Å². The summed E-state index contributed by atoms with van der Waals surface area (Å²) < 4.78 is 0. The Morgan fingerprint density at radius 3 is 2.25 bits per heavy atom. The van der Waals surface area contributed by atoms with Crippen LogP contribution in [-0.4, -0.2) is 16.6 Å². The van der Waals surface area contributed by atoms with Crippen LogP contribution in [0.15, 0.2) is 0 Å². The van der Waals surface area contributed by atoms with Crippen molar-refractivity contribution in [2.24, 2.45) is 11.8 Å². The molecule has 0 heterocycles. The predicted octanol–water partition coefficient (Wildman–Crippen LogP) is 2.80. The van der Waals surface area contributed by atoms with E-state index in [0.717, 1.165) is 19.3 Å². The lowest BCUT2D eigenvalue weighted by Gasteiger charge is -2.38. The summed E-state index contributed by atoms with van der Waals surface area (Å²) in [6.45, 7) is 4.43. The average Bonchev–Trinajstić information content (AvgIpc) is 1.82. The maximum Gasteiger partial charge on any atom is 0.0664 e. The highest BCUT2D eigenvalue weighted by Crippen LogP contribution is 2.37. The number of rotatable bonds is 2. The van der Waals surface area contributed by atoms with E-state index in [9.17, 15) is 5.11 Å². The highest BCUT2D eigenvalue weighted by Gasteiger charge is 2.35. The van der Waals surface area contributed by atoms with Crippen molar-refractivity contribution in [1.29, 1.82) is 0 Å². The third-order valence-electron chi connectivity index (χ3n) is 2.82. The van der Waals surface area contributed by atoms with Crippen LogP contribution in [0, 0.1) is 11.8 Å². The van der Waals surface area contributed by atoms with Crippen molar-refractivity contribution in [3.8, 4) is 0 Å². The topological polar surface area (TPSA) is 20.2 Å². The molecule has 2 unspecified atom stereocenters. The molecule has 72 valence electrons. The van der Waals surface area contributed by atoms with Crippen LogP contribution < -0.4 is 0 Å². The van der Waals surface area contributed by atoms with Crippen LogP contribution in [-0.2, 0) is 0 Å². The minimum absolute atomic E-state index is 0.459. The number of alkyl halides is 1. The third kappa shape index (κ3) is 2.63. The Hall–Kier alpha value is 0.250. The minimum atomic E-state index is -0.459. The molecular formula is C10H19ClO. The van der Waals surface area contributed by atoms with Crippen molar-refractivity contribution in [3.05, 3.63) is 0 Å². The van der Waals surface area contributed by atoms with Gasteiger partial charge in [-0.15, -0.1) is 11.6 Å². The molecule has 12 heavy (non-hydrogen) atoms. The molecule has 0 aromatic rings. The summed E-state index contributed by atoms with van der Waals surface area (Å²) in [5.74, 6) is 1.89. The maximum atomic E-state index is 10.1. The number of aliphatic hydroxyl groups is 1. The first-order chi connectivity index (χ1) is 5.56. The molecular weight excluding hydrogens is 172 g/mol. The number of hydrogen-bond donors (Lipinski definition) is 1. The van der Waals surface area contributed by atoms with Crippen molar-refractivity contribution in [3.63, 3.8) is 0 Å². The van der Waals surface area contributed by atoms with E-state index < -0.39 is 5.60 Å². The number of halogens is 1. The molecule has 1 rings (SSSR count). The summed E-state index contributed by atoms with van der Waals surface area (Å²) in [6, 6.07) is 0. The maximum absolute atomic E-state index is 10.1. The fraction of sp³-hybridized carbons (Fsp3) is 1.00. The van der Waals surface area contributed by atoms with E-state index in [1.54, 1.807) is 0 Å². The fourth-order valence-electron chi connectivity index (χ4n) is 2.61. The van der Waals surface area contributed by atoms with Gasteiger partial charge in [0.1, 0.15) is 0 Å². The molecule has 0 saturated heterocycles. The van der Waals surface area contributed by atoms with Crippen LogP contribution >= 0.6 is 11.6 Å². The second-order valence-corrected chi connectivity index (χ2v) is 4.90. The summed E-state index contributed by atoms with van der Waals surface area (Å²) in [5, 5.41) is 10.1. The highest BCUT2D eigenvalue weighted by molar-refractivity contribution is 6.17. The van der Waals surface area contributed by atoms with Gasteiger partial charge in [0.25, 0.3) is 0 Å². The largest absolute Gasteiger partial charge is 0.390 e. The normalized spacial score (nSPS) is 43.0. The first kappa shape index (κ1) is 10.3. The Morgan fingerprint density at radius 2 is 1.83 bits per heavy atom. The van der Waals surface area contributed by atoms with E-state index in [-0.39, 0.29) is 0 Å². The molecule has 1 aliphatic carbocycles. The van der Waals surface area contributed by atoms with Gasteiger partial charge in [0.2, 0.25) is 0 Å². The first-order valence-electron chi connectivity index (χ1n) is 4.84. The average molecular weight is 191 g/mol. The van der Waals surface area contributed by atoms with Gasteiger partial charge in [-0.3, -0.25) is 0 Å². The molecule has 2 atom stereocenters. The zero-order valence-electron chi connectivity index (χ0n) is 8.02. The predicted molar refractivity (Wildman–Crippen MR) is 52.5 cm³/mol. The zero-order chi connectivity index (χ0) is 9.19. The molecule has 1 aliphatic rings. The lowest BCUT2D eigenvalue weighted by molar-refractivity contribution is -0.0330. The van der Waals surface area contributed by atoms with Gasteiger partial charge in [-0.25, -0.2) is 0 Å². The quantitative estimate of drug-likeness (QED) is 0.664. The van der Waals surface area contributed by atoms with Crippen molar-refractivity contribution >= 4 is 11.6 Å². The molecule has 0 aromatic carbocycles. The van der Waals surface area contributed by atoms with E-state index >= 15 is 0 Å². The second kappa shape index (κ2) is 3.97. The molecule has 2 heteroatoms. The zero-order valence-corrected chi connectivity index (χ0v) is 8.77. The smallest absolute Gasteiger partial charge is 0.0664 e. The summed E-state index contributed by atoms with van der Waals surface area (Å²) in [6.07, 6.45) is 3.88. The van der Waals surface area contributed by atoms with Crippen LogP contribution in [0.3, 0.4) is 0 Å². The minimum Gasteiger partial charge on any atom is -0.390 e. The lowest BCUT2D eigenvalue weighted by atomic mass is 9.73. The van der Waals surface area contributed by atoms with Gasteiger partial charge in [-0.1, -0.05) is 13.8 Å². The Bertz CT molecular complexity index is 137. The molecule has 0 aliphatic heterocycles. The molecule has 0 amide bonds. The molecule has 1 saturated carbocycles. The van der Waals surface area contributed by atoms with Gasteiger partial charge in [-0.2, -0.15) is 0 Å². The summed E-state index contributed by atoms with van der Waals surface area (Å²) in [5.41, 5.74) is -0.459. The Morgan fingerprint density at radius 1 is 1.33 bits per heavy atom. The van der Waals surface area contributed by atoms with Crippen LogP contribution in [0.1, 0.15) is 39.5 Å². The van der Waals surface area contributed by atoms with E-state index in [1.807, 2.05) is 0 Å². The summed E-state index contributed by atoms with van der Waals surface area (Å²) in [4.78, 5) is 0. The van der Waals surface area contributed by atoms with Gasteiger partial charge < -0.3 is 5.11 Å². The number of hydrogen-bond acceptors (Lipinski definition) is 1. The second-order valence-electron chi connectivity index (χ2n) is 4.52. The molecule has 0 bridgehead atoms. The van der Waals surface area contributed by atoms with Crippen molar-refractivity contribution < 1.29 is 5.11 Å². The van der Waals surface area contributed by atoms with Crippen molar-refractivity contribution in [2.45, 2.75) is 45.1 Å². The fourth-order valence-corrected chi connectivity index (χ4v) is 2.97. The third-order valence-corrected chi connectivity index (χ3v) is 3.01. The molecule has 1 fully saturated rings. The van der Waals surface area contributed by atoms with Crippen LogP contribution in [0.2, 0.25) is 0 Å². The molecule has 1 N–H and O–H groups in total. The van der Waals surface area contributed by atoms with Gasteiger partial charge in [0.15, 0.2) is 0 Å². The SMILES string of the molecule is CC1CC(C)CC(O)(CCCl)C1. The van der Waals surface area contributed by atoms with Crippen molar-refractivity contribution in [1.82, 2.24) is 0 Å². The van der Waals surface area contributed by atoms with E-state index in [4.69, 9.17) is 11.6 Å². The van der Waals surface area contributed by atoms with E-state index in [0.29, 0.717) is 17.7 Å². The Kier molecular flexibility index (Phi) is 3.42. The van der Waals surface area contributed by atoms with Crippen LogP contribution in [0.5, 0.6) is 0 Å². The summed E-state index contributed by atoms with van der Waals surface area (Å²) in [7, 11) is 0. The van der Waals surface area contributed by atoms with E-state index in [2.05, 4.69) is 13.8 Å². The van der Waals surface area contributed by atoms with Crippen molar-refractivity contribution in [2.75, 3.05) is 5.88 Å². The van der Waals surface area contributed by atoms with Gasteiger partial charge in [0, 0.05) is 5.88 Å². The van der Waals surface area contributed by atoms with Crippen LogP contribution in [0.4, 0.5) is 0 Å². The Labute approximate surface area is 80.1 Å². The summed E-state index contributed by atoms with van der Waals surface area (Å²) >= 11 is 5.66. The lowest BCUT2D eigenvalue weighted by Crippen LogP contribution is -2.38. The standard InChI is InChI=1S/C10H19ClO/c1-8-5-9(2)7-10(12,6-8)3-4-11/h8-9,12H,3-7H2,1-2H3. The van der Waals surface area contributed by atoms with Gasteiger partial charge in [0.05, 0.1) is 5.60 Å². The molecule has 0 spiro atoms. The van der Waals surface area contributed by atoms with Crippen LogP contribution in [0.25, 0.3) is 0 Å².